The fraction of sp³-hybridized carbons (Fsp3) is 0.636. The van der Waals surface area contributed by atoms with Gasteiger partial charge in [-0.15, -0.1) is 0 Å². The predicted molar refractivity (Wildman–Crippen MR) is 71.4 cm³/mol. The maximum Gasteiger partial charge on any atom is 0.146 e. The molecule has 2 rings (SSSR count). The molecule has 0 aromatic carbocycles. The van der Waals surface area contributed by atoms with Crippen LogP contribution in [0.3, 0.4) is 0 Å². The van der Waals surface area contributed by atoms with E-state index in [-0.39, 0.29) is 5.60 Å². The van der Waals surface area contributed by atoms with E-state index in [1.165, 1.54) is 6.42 Å². The molecule has 0 atom stereocenters. The smallest absolute Gasteiger partial charge is 0.146 e. The Balaban J connectivity index is 2.04. The summed E-state index contributed by atoms with van der Waals surface area (Å²) in [5.74, 6) is 1.58. The number of nitrogens with one attached hydrogen (secondary N) is 2. The molecule has 0 aliphatic heterocycles. The van der Waals surface area contributed by atoms with Crippen molar-refractivity contribution in [3.8, 4) is 0 Å². The maximum atomic E-state index is 5.56. The summed E-state index contributed by atoms with van der Waals surface area (Å²) in [6.45, 7) is 0.780. The third-order valence-electron chi connectivity index (χ3n) is 3.30. The van der Waals surface area contributed by atoms with Crippen molar-refractivity contribution in [1.29, 1.82) is 0 Å². The van der Waals surface area contributed by atoms with Crippen LogP contribution in [0.5, 0.6) is 0 Å². The average molecular weight is 301 g/mol. The van der Waals surface area contributed by atoms with E-state index in [1.54, 1.807) is 13.4 Å². The number of aromatic nitrogens is 2. The Morgan fingerprint density at radius 3 is 2.65 bits per heavy atom. The average Bonchev–Trinajstić information content (AvgIpc) is 2.30. The molecule has 5 nitrogen and oxygen atoms in total. The zero-order chi connectivity index (χ0) is 12.3. The van der Waals surface area contributed by atoms with Gasteiger partial charge in [0.1, 0.15) is 22.4 Å². The van der Waals surface area contributed by atoms with Crippen LogP contribution in [0.1, 0.15) is 19.3 Å². The Labute approximate surface area is 110 Å². The van der Waals surface area contributed by atoms with Crippen LogP contribution in [0.25, 0.3) is 0 Å². The standard InChI is InChI=1S/C11H17BrN4O/c1-13-9-8(12)10(16-7-15-9)14-6-11(17-2)4-3-5-11/h7H,3-6H2,1-2H3,(H2,13,14,15,16). The second kappa shape index (κ2) is 5.18. The van der Waals surface area contributed by atoms with Gasteiger partial charge in [0.05, 0.1) is 5.60 Å². The summed E-state index contributed by atoms with van der Waals surface area (Å²) in [6, 6.07) is 0. The molecule has 1 heterocycles. The topological polar surface area (TPSA) is 59.1 Å². The highest BCUT2D eigenvalue weighted by Crippen LogP contribution is 2.35. The molecule has 6 heteroatoms. The van der Waals surface area contributed by atoms with Crippen molar-refractivity contribution in [2.24, 2.45) is 0 Å². The number of halogens is 1. The van der Waals surface area contributed by atoms with Crippen molar-refractivity contribution < 1.29 is 4.74 Å². The minimum absolute atomic E-state index is 0.00973. The van der Waals surface area contributed by atoms with Crippen molar-refractivity contribution >= 4 is 27.6 Å². The summed E-state index contributed by atoms with van der Waals surface area (Å²) < 4.78 is 6.41. The van der Waals surface area contributed by atoms with Crippen LogP contribution in [0, 0.1) is 0 Å². The predicted octanol–water partition coefficient (Wildman–Crippen LogP) is 2.26. The van der Waals surface area contributed by atoms with Crippen molar-refractivity contribution in [1.82, 2.24) is 9.97 Å². The second-order valence-electron chi connectivity index (χ2n) is 4.23. The minimum Gasteiger partial charge on any atom is -0.376 e. The molecule has 1 aromatic rings. The third kappa shape index (κ3) is 2.52. The molecular formula is C11H17BrN4O. The molecule has 0 unspecified atom stereocenters. The normalized spacial score (nSPS) is 17.4. The van der Waals surface area contributed by atoms with Crippen molar-refractivity contribution in [3.63, 3.8) is 0 Å². The van der Waals surface area contributed by atoms with E-state index in [9.17, 15) is 0 Å². The van der Waals surface area contributed by atoms with Gasteiger partial charge in [-0.05, 0) is 35.2 Å². The molecule has 1 aliphatic carbocycles. The molecule has 0 spiro atoms. The highest BCUT2D eigenvalue weighted by Gasteiger charge is 2.36. The van der Waals surface area contributed by atoms with E-state index >= 15 is 0 Å². The molecule has 0 bridgehead atoms. The minimum atomic E-state index is -0.00973. The summed E-state index contributed by atoms with van der Waals surface area (Å²) in [6.07, 6.45) is 5.00. The lowest BCUT2D eigenvalue weighted by molar-refractivity contribution is -0.0601. The van der Waals surface area contributed by atoms with Crippen molar-refractivity contribution in [2.45, 2.75) is 24.9 Å². The zero-order valence-electron chi connectivity index (χ0n) is 10.1. The Hall–Kier alpha value is -0.880. The molecule has 2 N–H and O–H groups in total. The first kappa shape index (κ1) is 12.6. The highest BCUT2D eigenvalue weighted by molar-refractivity contribution is 9.10. The van der Waals surface area contributed by atoms with Crippen LogP contribution in [0.2, 0.25) is 0 Å². The number of anilines is 2. The van der Waals surface area contributed by atoms with Gasteiger partial charge in [0.15, 0.2) is 0 Å². The van der Waals surface area contributed by atoms with E-state index in [0.717, 1.165) is 35.5 Å². The van der Waals surface area contributed by atoms with Crippen molar-refractivity contribution in [2.75, 3.05) is 31.3 Å². The second-order valence-corrected chi connectivity index (χ2v) is 5.02. The summed E-state index contributed by atoms with van der Waals surface area (Å²) in [7, 11) is 3.61. The molecule has 1 aliphatic rings. The van der Waals surface area contributed by atoms with E-state index in [4.69, 9.17) is 4.74 Å². The first-order chi connectivity index (χ1) is 8.21. The first-order valence-electron chi connectivity index (χ1n) is 5.68. The fourth-order valence-electron chi connectivity index (χ4n) is 1.94. The molecule has 1 saturated carbocycles. The van der Waals surface area contributed by atoms with Gasteiger partial charge in [0.2, 0.25) is 0 Å². The Bertz CT molecular complexity index is 390. The monoisotopic (exact) mass is 300 g/mol. The van der Waals surface area contributed by atoms with E-state index < -0.39 is 0 Å². The van der Waals surface area contributed by atoms with Gasteiger partial charge in [0, 0.05) is 20.7 Å². The van der Waals surface area contributed by atoms with Crippen LogP contribution >= 0.6 is 15.9 Å². The van der Waals surface area contributed by atoms with E-state index in [2.05, 4.69) is 36.5 Å². The van der Waals surface area contributed by atoms with Gasteiger partial charge in [-0.3, -0.25) is 0 Å². The fourth-order valence-corrected chi connectivity index (χ4v) is 2.48. The number of methoxy groups -OCH3 is 1. The molecule has 1 fully saturated rings. The van der Waals surface area contributed by atoms with Crippen LogP contribution in [-0.2, 0) is 4.74 Å². The van der Waals surface area contributed by atoms with Gasteiger partial charge in [-0.1, -0.05) is 0 Å². The number of hydrogen-bond acceptors (Lipinski definition) is 5. The molecular weight excluding hydrogens is 284 g/mol. The van der Waals surface area contributed by atoms with Gasteiger partial charge >= 0.3 is 0 Å². The molecule has 17 heavy (non-hydrogen) atoms. The lowest BCUT2D eigenvalue weighted by Crippen LogP contribution is -2.45. The Morgan fingerprint density at radius 1 is 1.41 bits per heavy atom. The summed E-state index contributed by atoms with van der Waals surface area (Å²) >= 11 is 3.48. The van der Waals surface area contributed by atoms with Crippen LogP contribution in [0.4, 0.5) is 11.6 Å². The van der Waals surface area contributed by atoms with Gasteiger partial charge in [-0.25, -0.2) is 9.97 Å². The molecule has 0 saturated heterocycles. The summed E-state index contributed by atoms with van der Waals surface area (Å²) in [5, 5.41) is 6.32. The lowest BCUT2D eigenvalue weighted by atomic mass is 9.80. The summed E-state index contributed by atoms with van der Waals surface area (Å²) in [5.41, 5.74) is -0.00973. The van der Waals surface area contributed by atoms with E-state index in [0.29, 0.717) is 0 Å². The largest absolute Gasteiger partial charge is 0.376 e. The molecule has 0 amide bonds. The maximum absolute atomic E-state index is 5.56. The van der Waals surface area contributed by atoms with Crippen molar-refractivity contribution in [3.05, 3.63) is 10.8 Å². The molecule has 1 aromatic heterocycles. The van der Waals surface area contributed by atoms with Crippen LogP contribution in [0.15, 0.2) is 10.8 Å². The Morgan fingerprint density at radius 2 is 2.12 bits per heavy atom. The molecule has 94 valence electrons. The molecule has 0 radical (unpaired) electrons. The third-order valence-corrected chi connectivity index (χ3v) is 4.05. The van der Waals surface area contributed by atoms with Gasteiger partial charge in [-0.2, -0.15) is 0 Å². The SMILES string of the molecule is CNc1ncnc(NCC2(OC)CCC2)c1Br. The number of rotatable bonds is 5. The number of hydrogen-bond donors (Lipinski definition) is 2. The Kier molecular flexibility index (Phi) is 3.83. The van der Waals surface area contributed by atoms with E-state index in [1.807, 2.05) is 7.05 Å². The lowest BCUT2D eigenvalue weighted by Gasteiger charge is -2.40. The van der Waals surface area contributed by atoms with Crippen LogP contribution in [-0.4, -0.2) is 36.3 Å². The number of nitrogens with zero attached hydrogens (tertiary/aromatic N) is 2. The van der Waals surface area contributed by atoms with Gasteiger partial charge in [0.25, 0.3) is 0 Å². The number of ether oxygens (including phenoxy) is 1. The summed E-state index contributed by atoms with van der Waals surface area (Å²) in [4.78, 5) is 8.33. The highest BCUT2D eigenvalue weighted by atomic mass is 79.9. The zero-order valence-corrected chi connectivity index (χ0v) is 11.7. The van der Waals surface area contributed by atoms with Gasteiger partial charge < -0.3 is 15.4 Å². The first-order valence-corrected chi connectivity index (χ1v) is 6.47. The van der Waals surface area contributed by atoms with Crippen LogP contribution < -0.4 is 10.6 Å². The quantitative estimate of drug-likeness (QED) is 0.873.